The molecular weight excluding hydrogens is 196 g/mol. The Hall–Kier alpha value is -1.66. The van der Waals surface area contributed by atoms with Gasteiger partial charge in [-0.05, 0) is 6.07 Å². The lowest BCUT2D eigenvalue weighted by molar-refractivity contribution is -0.384. The highest BCUT2D eigenvalue weighted by atomic mass is 16.6. The first-order valence-electron chi connectivity index (χ1n) is 4.53. The summed E-state index contributed by atoms with van der Waals surface area (Å²) in [6.45, 7) is 0. The normalized spacial score (nSPS) is 20.5. The zero-order valence-corrected chi connectivity index (χ0v) is 8.54. The van der Waals surface area contributed by atoms with Gasteiger partial charge < -0.3 is 10.7 Å². The van der Waals surface area contributed by atoms with Crippen molar-refractivity contribution in [3.63, 3.8) is 0 Å². The van der Waals surface area contributed by atoms with Crippen LogP contribution in [0.5, 0.6) is 0 Å². The van der Waals surface area contributed by atoms with Crippen LogP contribution in [0.1, 0.15) is 11.7 Å². The summed E-state index contributed by atoms with van der Waals surface area (Å²) < 4.78 is 0. The first kappa shape index (κ1) is 9.88. The lowest BCUT2D eigenvalue weighted by Gasteiger charge is -2.24. The number of hydrogen-bond donors (Lipinski definition) is 1. The third kappa shape index (κ3) is 1.34. The van der Waals surface area contributed by atoms with Gasteiger partial charge in [-0.15, -0.1) is 0 Å². The Bertz CT molecular complexity index is 421. The molecule has 6 nitrogen and oxygen atoms in total. The van der Waals surface area contributed by atoms with E-state index in [1.165, 1.54) is 12.1 Å². The SMILES string of the molecule is CN1c2ccc([N+](=O)[O-])cc2C(N)N1C. The molecule has 0 bridgehead atoms. The Balaban J connectivity index is 2.51. The topological polar surface area (TPSA) is 75.6 Å². The Morgan fingerprint density at radius 3 is 2.73 bits per heavy atom. The summed E-state index contributed by atoms with van der Waals surface area (Å²) in [5.74, 6) is 0. The molecule has 1 aliphatic rings. The molecular formula is C9H12N4O2. The van der Waals surface area contributed by atoms with Gasteiger partial charge in [0.25, 0.3) is 5.69 Å². The van der Waals surface area contributed by atoms with Gasteiger partial charge in [-0.1, -0.05) is 0 Å². The van der Waals surface area contributed by atoms with Crippen molar-refractivity contribution in [1.82, 2.24) is 5.01 Å². The Kier molecular flexibility index (Phi) is 2.09. The molecule has 2 rings (SSSR count). The summed E-state index contributed by atoms with van der Waals surface area (Å²) in [6.07, 6.45) is -0.315. The van der Waals surface area contributed by atoms with E-state index in [2.05, 4.69) is 0 Å². The highest BCUT2D eigenvalue weighted by Crippen LogP contribution is 2.36. The second-order valence-electron chi connectivity index (χ2n) is 3.54. The van der Waals surface area contributed by atoms with Crippen LogP contribution < -0.4 is 10.7 Å². The van der Waals surface area contributed by atoms with Crippen LogP contribution in [-0.2, 0) is 0 Å². The second-order valence-corrected chi connectivity index (χ2v) is 3.54. The summed E-state index contributed by atoms with van der Waals surface area (Å²) in [5.41, 5.74) is 7.69. The van der Waals surface area contributed by atoms with Crippen molar-refractivity contribution < 1.29 is 4.92 Å². The van der Waals surface area contributed by atoms with Crippen LogP contribution in [0.15, 0.2) is 18.2 Å². The molecule has 0 aliphatic carbocycles. The molecule has 0 fully saturated rings. The molecule has 0 saturated carbocycles. The molecule has 1 unspecified atom stereocenters. The van der Waals surface area contributed by atoms with Gasteiger partial charge in [0, 0.05) is 31.8 Å². The summed E-state index contributed by atoms with van der Waals surface area (Å²) in [7, 11) is 3.72. The van der Waals surface area contributed by atoms with Gasteiger partial charge in [0.1, 0.15) is 6.17 Å². The minimum absolute atomic E-state index is 0.0768. The van der Waals surface area contributed by atoms with Gasteiger partial charge in [-0.3, -0.25) is 10.1 Å². The number of hydrogen-bond acceptors (Lipinski definition) is 5. The van der Waals surface area contributed by atoms with Gasteiger partial charge in [-0.2, -0.15) is 0 Å². The van der Waals surface area contributed by atoms with Crippen molar-refractivity contribution in [2.45, 2.75) is 6.17 Å². The molecule has 0 saturated heterocycles. The molecule has 80 valence electrons. The summed E-state index contributed by atoms with van der Waals surface area (Å²) in [6, 6.07) is 4.73. The van der Waals surface area contributed by atoms with Gasteiger partial charge in [0.2, 0.25) is 0 Å². The lowest BCUT2D eigenvalue weighted by atomic mass is 10.1. The van der Waals surface area contributed by atoms with E-state index in [1.807, 2.05) is 24.1 Å². The average molecular weight is 208 g/mol. The maximum Gasteiger partial charge on any atom is 0.269 e. The standard InChI is InChI=1S/C9H12N4O2/c1-11-8-4-3-6(13(14)15)5-7(8)9(10)12(11)2/h3-5,9H,10H2,1-2H3. The van der Waals surface area contributed by atoms with E-state index in [0.717, 1.165) is 11.3 Å². The van der Waals surface area contributed by atoms with E-state index < -0.39 is 4.92 Å². The Morgan fingerprint density at radius 2 is 2.13 bits per heavy atom. The van der Waals surface area contributed by atoms with E-state index in [0.29, 0.717) is 0 Å². The molecule has 1 aromatic carbocycles. The molecule has 1 heterocycles. The number of benzene rings is 1. The fourth-order valence-electron chi connectivity index (χ4n) is 1.74. The van der Waals surface area contributed by atoms with Crippen LogP contribution in [0.3, 0.4) is 0 Å². The van der Waals surface area contributed by atoms with Gasteiger partial charge in [-0.25, -0.2) is 5.01 Å². The van der Waals surface area contributed by atoms with Gasteiger partial charge >= 0.3 is 0 Å². The van der Waals surface area contributed by atoms with Crippen molar-refractivity contribution in [3.8, 4) is 0 Å². The predicted molar refractivity (Wildman–Crippen MR) is 56.2 cm³/mol. The maximum absolute atomic E-state index is 10.6. The van der Waals surface area contributed by atoms with E-state index in [1.54, 1.807) is 6.07 Å². The van der Waals surface area contributed by atoms with E-state index in [9.17, 15) is 10.1 Å². The van der Waals surface area contributed by atoms with Gasteiger partial charge in [0.05, 0.1) is 10.6 Å². The van der Waals surface area contributed by atoms with Crippen LogP contribution in [-0.4, -0.2) is 24.0 Å². The molecule has 15 heavy (non-hydrogen) atoms. The largest absolute Gasteiger partial charge is 0.311 e. The monoisotopic (exact) mass is 208 g/mol. The number of fused-ring (bicyclic) bond motifs is 1. The summed E-state index contributed by atoms with van der Waals surface area (Å²) in [5, 5.41) is 14.3. The summed E-state index contributed by atoms with van der Waals surface area (Å²) in [4.78, 5) is 10.2. The number of non-ortho nitro benzene ring substituents is 1. The second kappa shape index (κ2) is 3.18. The van der Waals surface area contributed by atoms with E-state index in [-0.39, 0.29) is 11.9 Å². The number of hydrazine groups is 1. The van der Waals surface area contributed by atoms with Crippen molar-refractivity contribution >= 4 is 11.4 Å². The lowest BCUT2D eigenvalue weighted by Crippen LogP contribution is -2.36. The van der Waals surface area contributed by atoms with Crippen LogP contribution >= 0.6 is 0 Å². The molecule has 0 aromatic heterocycles. The molecule has 0 radical (unpaired) electrons. The predicted octanol–water partition coefficient (Wildman–Crippen LogP) is 0.849. The molecule has 6 heteroatoms. The van der Waals surface area contributed by atoms with E-state index in [4.69, 9.17) is 5.73 Å². The molecule has 0 spiro atoms. The number of nitro groups is 1. The average Bonchev–Trinajstić information content (AvgIpc) is 2.44. The van der Waals surface area contributed by atoms with Crippen molar-refractivity contribution in [2.75, 3.05) is 19.1 Å². The van der Waals surface area contributed by atoms with E-state index >= 15 is 0 Å². The number of nitro benzene ring substituents is 1. The number of nitrogens with two attached hydrogens (primary N) is 1. The molecule has 2 N–H and O–H groups in total. The minimum Gasteiger partial charge on any atom is -0.311 e. The Morgan fingerprint density at radius 1 is 1.47 bits per heavy atom. The third-order valence-corrected chi connectivity index (χ3v) is 2.76. The van der Waals surface area contributed by atoms with Crippen LogP contribution in [0, 0.1) is 10.1 Å². The molecule has 1 aromatic rings. The number of anilines is 1. The Labute approximate surface area is 87.0 Å². The highest BCUT2D eigenvalue weighted by Gasteiger charge is 2.30. The zero-order chi connectivity index (χ0) is 11.2. The molecule has 1 aliphatic heterocycles. The summed E-state index contributed by atoms with van der Waals surface area (Å²) >= 11 is 0. The fraction of sp³-hybridized carbons (Fsp3) is 0.333. The van der Waals surface area contributed by atoms with Crippen molar-refractivity contribution in [2.24, 2.45) is 5.73 Å². The van der Waals surface area contributed by atoms with Crippen LogP contribution in [0.4, 0.5) is 11.4 Å². The smallest absolute Gasteiger partial charge is 0.269 e. The quantitative estimate of drug-likeness (QED) is 0.547. The van der Waals surface area contributed by atoms with Gasteiger partial charge in [0.15, 0.2) is 0 Å². The zero-order valence-electron chi connectivity index (χ0n) is 8.54. The highest BCUT2D eigenvalue weighted by molar-refractivity contribution is 5.61. The molecule has 1 atom stereocenters. The van der Waals surface area contributed by atoms with Crippen LogP contribution in [0.25, 0.3) is 0 Å². The number of nitrogens with zero attached hydrogens (tertiary/aromatic N) is 3. The first-order valence-corrected chi connectivity index (χ1v) is 4.53. The van der Waals surface area contributed by atoms with Crippen molar-refractivity contribution in [1.29, 1.82) is 0 Å². The third-order valence-electron chi connectivity index (χ3n) is 2.76. The minimum atomic E-state index is -0.411. The first-order chi connectivity index (χ1) is 7.02. The maximum atomic E-state index is 10.6. The number of rotatable bonds is 1. The van der Waals surface area contributed by atoms with Crippen molar-refractivity contribution in [3.05, 3.63) is 33.9 Å². The fourth-order valence-corrected chi connectivity index (χ4v) is 1.74. The van der Waals surface area contributed by atoms with Crippen LogP contribution in [0.2, 0.25) is 0 Å². The molecule has 0 amide bonds.